The molecule has 1 aromatic carbocycles. The lowest BCUT2D eigenvalue weighted by molar-refractivity contribution is 0.415. The summed E-state index contributed by atoms with van der Waals surface area (Å²) in [5.41, 5.74) is 7.99. The Morgan fingerprint density at radius 3 is 2.68 bits per heavy atom. The summed E-state index contributed by atoms with van der Waals surface area (Å²) in [6.45, 7) is 4.00. The Hall–Kier alpha value is -1.36. The smallest absolute Gasteiger partial charge is 0.124 e. The maximum absolute atomic E-state index is 5.89. The number of methoxy groups -OCH3 is 1. The van der Waals surface area contributed by atoms with Gasteiger partial charge in [0, 0.05) is 15.2 Å². The molecule has 0 radical (unpaired) electrons. The van der Waals surface area contributed by atoms with Crippen LogP contribution in [0.5, 0.6) is 5.75 Å². The minimum Gasteiger partial charge on any atom is -0.497 e. The van der Waals surface area contributed by atoms with E-state index in [1.165, 1.54) is 0 Å². The zero-order valence-electron chi connectivity index (χ0n) is 12.8. The Labute approximate surface area is 149 Å². The fourth-order valence-corrected chi connectivity index (χ4v) is 3.08. The lowest BCUT2D eigenvalue weighted by atomic mass is 10.2. The second-order valence-corrected chi connectivity index (χ2v) is 6.69. The number of rotatable bonds is 4. The van der Waals surface area contributed by atoms with Crippen molar-refractivity contribution in [3.63, 3.8) is 0 Å². The first kappa shape index (κ1) is 18.7. The van der Waals surface area contributed by atoms with Gasteiger partial charge in [0.05, 0.1) is 17.3 Å². The normalized spacial score (nSPS) is 13.4. The highest BCUT2D eigenvalue weighted by atomic mass is 127. The maximum Gasteiger partial charge on any atom is 0.124 e. The Bertz CT molecular complexity index is 714. The van der Waals surface area contributed by atoms with Crippen molar-refractivity contribution in [1.29, 1.82) is 0 Å². The standard InChI is InChI=1S/C15H17IN2OS.C2H2/c1-4-10(7-12(16)9(2)17)15-18-13-6-5-11(19-3)8-14(13)20-15;1-2/h4-9H,17H2,1-3H3;1-2H/b10-4+,12-7+;. The van der Waals surface area contributed by atoms with E-state index in [9.17, 15) is 0 Å². The molecule has 22 heavy (non-hydrogen) atoms. The van der Waals surface area contributed by atoms with Crippen molar-refractivity contribution in [3.05, 3.63) is 38.9 Å². The first-order valence-corrected chi connectivity index (χ1v) is 8.52. The van der Waals surface area contributed by atoms with Crippen LogP contribution in [0.15, 0.2) is 33.9 Å². The van der Waals surface area contributed by atoms with Crippen LogP contribution < -0.4 is 10.5 Å². The third-order valence-corrected chi connectivity index (χ3v) is 5.24. The first-order chi connectivity index (χ1) is 10.5. The summed E-state index contributed by atoms with van der Waals surface area (Å²) < 4.78 is 7.49. The zero-order chi connectivity index (χ0) is 16.7. The van der Waals surface area contributed by atoms with Gasteiger partial charge in [0.15, 0.2) is 0 Å². The van der Waals surface area contributed by atoms with E-state index in [2.05, 4.69) is 52.6 Å². The Kier molecular flexibility index (Phi) is 7.59. The number of ether oxygens (including phenoxy) is 1. The fraction of sp³-hybridized carbons (Fsp3) is 0.235. The van der Waals surface area contributed by atoms with Crippen LogP contribution >= 0.6 is 33.9 Å². The fourth-order valence-electron chi connectivity index (χ4n) is 1.70. The van der Waals surface area contributed by atoms with Crippen LogP contribution in [0, 0.1) is 12.8 Å². The number of allylic oxidation sites excluding steroid dienone is 3. The summed E-state index contributed by atoms with van der Waals surface area (Å²) in [4.78, 5) is 4.68. The van der Waals surface area contributed by atoms with Gasteiger partial charge in [-0.25, -0.2) is 4.98 Å². The second kappa shape index (κ2) is 8.93. The maximum atomic E-state index is 5.89. The Balaban J connectivity index is 0.00000116. The molecule has 1 atom stereocenters. The van der Waals surface area contributed by atoms with E-state index in [4.69, 9.17) is 10.5 Å². The summed E-state index contributed by atoms with van der Waals surface area (Å²) in [6.07, 6.45) is 12.2. The van der Waals surface area contributed by atoms with Gasteiger partial charge in [-0.3, -0.25) is 0 Å². The molecule has 2 N–H and O–H groups in total. The van der Waals surface area contributed by atoms with Crippen LogP contribution in [0.2, 0.25) is 0 Å². The molecule has 0 saturated heterocycles. The molecule has 0 aliphatic heterocycles. The molecule has 0 aliphatic rings. The molecule has 0 amide bonds. The van der Waals surface area contributed by atoms with Crippen molar-refractivity contribution in [1.82, 2.24) is 4.98 Å². The summed E-state index contributed by atoms with van der Waals surface area (Å²) in [7, 11) is 1.67. The van der Waals surface area contributed by atoms with Crippen molar-refractivity contribution in [2.75, 3.05) is 7.11 Å². The summed E-state index contributed by atoms with van der Waals surface area (Å²) in [5, 5.41) is 1.01. The van der Waals surface area contributed by atoms with Crippen LogP contribution in [-0.4, -0.2) is 18.1 Å². The SMILES string of the molecule is C#C.C/C=C(\C=C(\I)C(C)N)c1nc2ccc(OC)cc2s1. The van der Waals surface area contributed by atoms with Crippen LogP contribution in [0.3, 0.4) is 0 Å². The van der Waals surface area contributed by atoms with Crippen molar-refractivity contribution < 1.29 is 4.74 Å². The average molecular weight is 426 g/mol. The van der Waals surface area contributed by atoms with Gasteiger partial charge in [-0.2, -0.15) is 0 Å². The number of nitrogens with two attached hydrogens (primary N) is 1. The van der Waals surface area contributed by atoms with E-state index in [1.54, 1.807) is 18.4 Å². The van der Waals surface area contributed by atoms with E-state index in [1.807, 2.05) is 32.0 Å². The number of benzene rings is 1. The monoisotopic (exact) mass is 426 g/mol. The summed E-state index contributed by atoms with van der Waals surface area (Å²) >= 11 is 3.94. The molecule has 5 heteroatoms. The molecular weight excluding hydrogens is 407 g/mol. The highest BCUT2D eigenvalue weighted by Crippen LogP contribution is 2.31. The number of halogens is 1. The molecular formula is C17H19IN2OS. The van der Waals surface area contributed by atoms with Gasteiger partial charge in [-0.1, -0.05) is 6.08 Å². The van der Waals surface area contributed by atoms with Crippen LogP contribution in [-0.2, 0) is 0 Å². The Morgan fingerprint density at radius 2 is 2.14 bits per heavy atom. The average Bonchev–Trinajstić information content (AvgIpc) is 2.96. The number of aromatic nitrogens is 1. The quantitative estimate of drug-likeness (QED) is 0.441. The topological polar surface area (TPSA) is 48.1 Å². The van der Waals surface area contributed by atoms with E-state index in [0.717, 1.165) is 30.1 Å². The minimum atomic E-state index is 0.0417. The lowest BCUT2D eigenvalue weighted by Crippen LogP contribution is -2.14. The largest absolute Gasteiger partial charge is 0.497 e. The van der Waals surface area contributed by atoms with Gasteiger partial charge in [0.25, 0.3) is 0 Å². The predicted molar refractivity (Wildman–Crippen MR) is 105 cm³/mol. The van der Waals surface area contributed by atoms with E-state index in [-0.39, 0.29) is 6.04 Å². The van der Waals surface area contributed by atoms with E-state index in [0.29, 0.717) is 0 Å². The highest BCUT2D eigenvalue weighted by molar-refractivity contribution is 14.1. The number of hydrogen-bond acceptors (Lipinski definition) is 4. The van der Waals surface area contributed by atoms with Crippen LogP contribution in [0.1, 0.15) is 18.9 Å². The number of fused-ring (bicyclic) bond motifs is 1. The van der Waals surface area contributed by atoms with E-state index < -0.39 is 0 Å². The van der Waals surface area contributed by atoms with Gasteiger partial charge >= 0.3 is 0 Å². The van der Waals surface area contributed by atoms with Crippen molar-refractivity contribution in [3.8, 4) is 18.6 Å². The summed E-state index contributed by atoms with van der Waals surface area (Å²) in [5.74, 6) is 0.857. The molecule has 2 aromatic rings. The van der Waals surface area contributed by atoms with Crippen molar-refractivity contribution in [2.45, 2.75) is 19.9 Å². The third-order valence-electron chi connectivity index (χ3n) is 2.88. The molecule has 0 fully saturated rings. The highest BCUT2D eigenvalue weighted by Gasteiger charge is 2.09. The second-order valence-electron chi connectivity index (χ2n) is 4.41. The number of terminal acetylenes is 1. The Morgan fingerprint density at radius 1 is 1.45 bits per heavy atom. The van der Waals surface area contributed by atoms with Gasteiger partial charge in [-0.15, -0.1) is 24.2 Å². The molecule has 0 bridgehead atoms. The van der Waals surface area contributed by atoms with Crippen LogP contribution in [0.4, 0.5) is 0 Å². The number of thiazole rings is 1. The van der Waals surface area contributed by atoms with Crippen molar-refractivity contribution in [2.24, 2.45) is 5.73 Å². The molecule has 3 nitrogen and oxygen atoms in total. The van der Waals surface area contributed by atoms with Crippen LogP contribution in [0.25, 0.3) is 15.8 Å². The zero-order valence-corrected chi connectivity index (χ0v) is 15.8. The predicted octanol–water partition coefficient (Wildman–Crippen LogP) is 4.62. The number of nitrogens with zero attached hydrogens (tertiary/aromatic N) is 1. The van der Waals surface area contributed by atoms with E-state index >= 15 is 0 Å². The molecule has 116 valence electrons. The molecule has 1 aromatic heterocycles. The molecule has 1 unspecified atom stereocenters. The van der Waals surface area contributed by atoms with Crippen molar-refractivity contribution >= 4 is 49.7 Å². The van der Waals surface area contributed by atoms with Gasteiger partial charge in [-0.05, 0) is 60.7 Å². The third kappa shape index (κ3) is 4.57. The molecule has 2 rings (SSSR count). The van der Waals surface area contributed by atoms with Gasteiger partial charge in [0.1, 0.15) is 10.8 Å². The molecule has 1 heterocycles. The molecule has 0 aliphatic carbocycles. The van der Waals surface area contributed by atoms with Gasteiger partial charge < -0.3 is 10.5 Å². The lowest BCUT2D eigenvalue weighted by Gasteiger charge is -2.04. The first-order valence-electron chi connectivity index (χ1n) is 6.62. The molecule has 0 saturated carbocycles. The minimum absolute atomic E-state index is 0.0417. The molecule has 0 spiro atoms. The number of hydrogen-bond donors (Lipinski definition) is 1. The summed E-state index contributed by atoms with van der Waals surface area (Å²) in [6, 6.07) is 5.98. The van der Waals surface area contributed by atoms with Gasteiger partial charge in [0.2, 0.25) is 0 Å².